The maximum absolute atomic E-state index is 13.3. The van der Waals surface area contributed by atoms with Gasteiger partial charge < -0.3 is 15.4 Å². The molecule has 164 valence electrons. The third kappa shape index (κ3) is 5.75. The summed E-state index contributed by atoms with van der Waals surface area (Å²) >= 11 is 3.36. The number of halogens is 1. The van der Waals surface area contributed by atoms with E-state index >= 15 is 0 Å². The number of nitrogens with zero attached hydrogens (tertiary/aromatic N) is 2. The Morgan fingerprint density at radius 2 is 1.73 bits per heavy atom. The number of amides is 1. The molecule has 30 heavy (non-hydrogen) atoms. The van der Waals surface area contributed by atoms with E-state index in [0.29, 0.717) is 12.3 Å². The fraction of sp³-hybridized carbons (Fsp3) is 0.476. The molecule has 0 fully saturated rings. The first-order valence-corrected chi connectivity index (χ1v) is 10.7. The van der Waals surface area contributed by atoms with Gasteiger partial charge in [-0.25, -0.2) is 4.79 Å². The van der Waals surface area contributed by atoms with Gasteiger partial charge in [0.05, 0.1) is 0 Å². The zero-order chi connectivity index (χ0) is 22.6. The van der Waals surface area contributed by atoms with Crippen LogP contribution in [0.2, 0.25) is 0 Å². The van der Waals surface area contributed by atoms with Crippen LogP contribution in [0.15, 0.2) is 38.3 Å². The number of H-pyrrole nitrogens is 1. The quantitative estimate of drug-likeness (QED) is 0.603. The molecule has 1 aromatic heterocycles. The summed E-state index contributed by atoms with van der Waals surface area (Å²) in [6.45, 7) is 9.91. The van der Waals surface area contributed by atoms with Gasteiger partial charge in [0.15, 0.2) is 11.8 Å². The normalized spacial score (nSPS) is 12.3. The molecule has 0 aliphatic carbocycles. The number of anilines is 2. The smallest absolute Gasteiger partial charge is 0.330 e. The van der Waals surface area contributed by atoms with Crippen molar-refractivity contribution in [3.05, 3.63) is 49.6 Å². The van der Waals surface area contributed by atoms with Crippen LogP contribution in [0.5, 0.6) is 5.75 Å². The molecule has 1 heterocycles. The number of hydrogen-bond acceptors (Lipinski definition) is 5. The van der Waals surface area contributed by atoms with Gasteiger partial charge in [-0.3, -0.25) is 19.1 Å². The predicted molar refractivity (Wildman–Crippen MR) is 122 cm³/mol. The van der Waals surface area contributed by atoms with Crippen LogP contribution in [0, 0.1) is 11.8 Å². The zero-order valence-corrected chi connectivity index (χ0v) is 19.5. The number of nitrogens with two attached hydrogens (primary N) is 1. The lowest BCUT2D eigenvalue weighted by Gasteiger charge is -2.28. The second-order valence-electron chi connectivity index (χ2n) is 8.05. The molecule has 2 rings (SSSR count). The SMILES string of the molecule is CC(C)CN(C(=O)[C@H](C)Oc1ccc(Br)cc1)c1c(N)n(CC(C)C)c(=O)[nH]c1=O. The Labute approximate surface area is 184 Å². The molecule has 9 heteroatoms. The number of carbonyl (C=O) groups excluding carboxylic acids is 1. The highest BCUT2D eigenvalue weighted by atomic mass is 79.9. The Hall–Kier alpha value is -2.55. The predicted octanol–water partition coefficient (Wildman–Crippen LogP) is 2.99. The van der Waals surface area contributed by atoms with Crippen LogP contribution in [-0.2, 0) is 11.3 Å². The number of nitrogen functional groups attached to an aromatic ring is 1. The molecule has 0 saturated carbocycles. The summed E-state index contributed by atoms with van der Waals surface area (Å²) in [6, 6.07) is 7.10. The number of hydrogen-bond donors (Lipinski definition) is 2. The lowest BCUT2D eigenvalue weighted by Crippen LogP contribution is -2.47. The average molecular weight is 481 g/mol. The second kappa shape index (κ2) is 9.97. The fourth-order valence-corrected chi connectivity index (χ4v) is 3.29. The molecule has 0 unspecified atom stereocenters. The molecule has 3 N–H and O–H groups in total. The molecule has 0 radical (unpaired) electrons. The third-order valence-corrected chi connectivity index (χ3v) is 4.85. The number of aromatic amines is 1. The summed E-state index contributed by atoms with van der Waals surface area (Å²) in [6.07, 6.45) is -0.866. The molecular weight excluding hydrogens is 452 g/mol. The van der Waals surface area contributed by atoms with Gasteiger partial charge in [0.2, 0.25) is 0 Å². The first kappa shape index (κ1) is 23.7. The summed E-state index contributed by atoms with van der Waals surface area (Å²) < 4.78 is 7.96. The number of benzene rings is 1. The molecule has 2 aromatic rings. The lowest BCUT2D eigenvalue weighted by atomic mass is 10.1. The molecule has 1 aromatic carbocycles. The summed E-state index contributed by atoms with van der Waals surface area (Å²) in [4.78, 5) is 41.8. The minimum absolute atomic E-state index is 0.0257. The summed E-state index contributed by atoms with van der Waals surface area (Å²) in [7, 11) is 0. The van der Waals surface area contributed by atoms with E-state index in [1.807, 2.05) is 39.8 Å². The van der Waals surface area contributed by atoms with Crippen LogP contribution in [0.1, 0.15) is 34.6 Å². The van der Waals surface area contributed by atoms with Crippen molar-refractivity contribution in [3.8, 4) is 5.75 Å². The van der Waals surface area contributed by atoms with E-state index in [0.717, 1.165) is 4.47 Å². The Morgan fingerprint density at radius 3 is 2.27 bits per heavy atom. The van der Waals surface area contributed by atoms with Crippen molar-refractivity contribution in [3.63, 3.8) is 0 Å². The highest BCUT2D eigenvalue weighted by Crippen LogP contribution is 2.22. The molecule has 1 amide bonds. The molecular formula is C21H29BrN4O4. The Morgan fingerprint density at radius 1 is 1.13 bits per heavy atom. The monoisotopic (exact) mass is 480 g/mol. The Balaban J connectivity index is 2.46. The summed E-state index contributed by atoms with van der Waals surface area (Å²) in [5.74, 6) is 0.256. The Bertz CT molecular complexity index is 996. The highest BCUT2D eigenvalue weighted by Gasteiger charge is 2.29. The van der Waals surface area contributed by atoms with Gasteiger partial charge in [-0.1, -0.05) is 43.6 Å². The summed E-state index contributed by atoms with van der Waals surface area (Å²) in [5, 5.41) is 0. The maximum Gasteiger partial charge on any atom is 0.330 e. The van der Waals surface area contributed by atoms with Crippen molar-refractivity contribution in [1.29, 1.82) is 0 Å². The minimum Gasteiger partial charge on any atom is -0.481 e. The van der Waals surface area contributed by atoms with Crippen molar-refractivity contribution >= 4 is 33.3 Å². The number of rotatable bonds is 8. The fourth-order valence-electron chi connectivity index (χ4n) is 3.03. The minimum atomic E-state index is -0.866. The van der Waals surface area contributed by atoms with Crippen LogP contribution in [0.3, 0.4) is 0 Å². The molecule has 0 spiro atoms. The largest absolute Gasteiger partial charge is 0.481 e. The van der Waals surface area contributed by atoms with Crippen LogP contribution in [-0.4, -0.2) is 28.1 Å². The maximum atomic E-state index is 13.3. The molecule has 0 aliphatic heterocycles. The van der Waals surface area contributed by atoms with Crippen molar-refractivity contribution in [2.24, 2.45) is 11.8 Å². The molecule has 0 saturated heterocycles. The van der Waals surface area contributed by atoms with Crippen LogP contribution < -0.4 is 26.6 Å². The second-order valence-corrected chi connectivity index (χ2v) is 8.97. The summed E-state index contributed by atoms with van der Waals surface area (Å²) in [5.41, 5.74) is 4.91. The van der Waals surface area contributed by atoms with E-state index in [1.54, 1.807) is 19.1 Å². The lowest BCUT2D eigenvalue weighted by molar-refractivity contribution is -0.124. The van der Waals surface area contributed by atoms with E-state index in [2.05, 4.69) is 20.9 Å². The average Bonchev–Trinajstić information content (AvgIpc) is 2.65. The van der Waals surface area contributed by atoms with Crippen molar-refractivity contribution in [2.75, 3.05) is 17.2 Å². The van der Waals surface area contributed by atoms with E-state index in [1.165, 1.54) is 9.47 Å². The standard InChI is InChI=1S/C21H29BrN4O4/c1-12(2)10-25(20(28)14(5)30-16-8-6-15(22)7-9-16)17-18(23)26(11-13(3)4)21(29)24-19(17)27/h6-9,12-14H,10-11,23H2,1-5H3,(H,24,27,29)/t14-/m0/s1. The first-order valence-electron chi connectivity index (χ1n) is 9.87. The number of carbonyl (C=O) groups is 1. The molecule has 0 aliphatic rings. The van der Waals surface area contributed by atoms with E-state index in [-0.39, 0.29) is 29.9 Å². The van der Waals surface area contributed by atoms with Gasteiger partial charge in [0.25, 0.3) is 11.5 Å². The van der Waals surface area contributed by atoms with Gasteiger partial charge in [-0.15, -0.1) is 0 Å². The Kier molecular flexibility index (Phi) is 7.89. The van der Waals surface area contributed by atoms with Crippen LogP contribution in [0.25, 0.3) is 0 Å². The van der Waals surface area contributed by atoms with Gasteiger partial charge in [-0.2, -0.15) is 0 Å². The number of nitrogens with one attached hydrogen (secondary N) is 1. The van der Waals surface area contributed by atoms with E-state index < -0.39 is 23.3 Å². The van der Waals surface area contributed by atoms with Crippen LogP contribution >= 0.6 is 15.9 Å². The number of ether oxygens (including phenoxy) is 1. The van der Waals surface area contributed by atoms with Crippen molar-refractivity contribution in [1.82, 2.24) is 9.55 Å². The van der Waals surface area contributed by atoms with Crippen molar-refractivity contribution in [2.45, 2.75) is 47.3 Å². The third-order valence-electron chi connectivity index (χ3n) is 4.32. The zero-order valence-electron chi connectivity index (χ0n) is 17.9. The van der Waals surface area contributed by atoms with Gasteiger partial charge in [0.1, 0.15) is 11.6 Å². The van der Waals surface area contributed by atoms with Crippen LogP contribution in [0.4, 0.5) is 11.5 Å². The molecule has 8 nitrogen and oxygen atoms in total. The molecule has 1 atom stereocenters. The van der Waals surface area contributed by atoms with E-state index in [9.17, 15) is 14.4 Å². The number of aromatic nitrogens is 2. The van der Waals surface area contributed by atoms with E-state index in [4.69, 9.17) is 10.5 Å². The first-order chi connectivity index (χ1) is 14.0. The van der Waals surface area contributed by atoms with Gasteiger partial charge in [-0.05, 0) is 43.0 Å². The molecule has 0 bridgehead atoms. The topological polar surface area (TPSA) is 110 Å². The highest BCUT2D eigenvalue weighted by molar-refractivity contribution is 9.10. The van der Waals surface area contributed by atoms with Crippen molar-refractivity contribution < 1.29 is 9.53 Å². The van der Waals surface area contributed by atoms with Gasteiger partial charge in [0, 0.05) is 17.6 Å². The van der Waals surface area contributed by atoms with Gasteiger partial charge >= 0.3 is 5.69 Å².